The fraction of sp³-hybridized carbons (Fsp3) is 0.500. The average Bonchev–Trinajstić information content (AvgIpc) is 2.42. The molecule has 0 spiro atoms. The van der Waals surface area contributed by atoms with Gasteiger partial charge in [0.25, 0.3) is 0 Å². The van der Waals surface area contributed by atoms with Crippen LogP contribution < -0.4 is 10.1 Å². The van der Waals surface area contributed by atoms with Crippen LogP contribution in [0.3, 0.4) is 0 Å². The molecule has 0 aliphatic heterocycles. The monoisotopic (exact) mass is 283 g/mol. The van der Waals surface area contributed by atoms with E-state index < -0.39 is 5.97 Å². The second kappa shape index (κ2) is 7.94. The van der Waals surface area contributed by atoms with Crippen LogP contribution in [0.15, 0.2) is 17.0 Å². The summed E-state index contributed by atoms with van der Waals surface area (Å²) < 4.78 is 5.38. The second-order valence-electron chi connectivity index (χ2n) is 4.20. The van der Waals surface area contributed by atoms with E-state index in [9.17, 15) is 4.79 Å². The van der Waals surface area contributed by atoms with E-state index >= 15 is 0 Å². The number of benzene rings is 1. The highest BCUT2D eigenvalue weighted by Crippen LogP contribution is 2.36. The number of unbranched alkanes of at least 4 members (excludes halogenated alkanes) is 2. The van der Waals surface area contributed by atoms with Gasteiger partial charge in [-0.2, -0.15) is 0 Å². The topological polar surface area (TPSA) is 58.6 Å². The summed E-state index contributed by atoms with van der Waals surface area (Å²) >= 11 is 1.48. The number of anilines is 1. The Kier molecular flexibility index (Phi) is 6.56. The summed E-state index contributed by atoms with van der Waals surface area (Å²) in [6.07, 6.45) is 5.28. The number of nitrogens with one attached hydrogen (secondary N) is 1. The van der Waals surface area contributed by atoms with Gasteiger partial charge in [0.05, 0.1) is 23.3 Å². The highest BCUT2D eigenvalue weighted by atomic mass is 32.2. The van der Waals surface area contributed by atoms with Crippen molar-refractivity contribution in [3.63, 3.8) is 0 Å². The molecular weight excluding hydrogens is 262 g/mol. The fourth-order valence-corrected chi connectivity index (χ4v) is 2.44. The number of carbonyl (C=O) groups is 1. The first-order valence-electron chi connectivity index (χ1n) is 6.37. The summed E-state index contributed by atoms with van der Waals surface area (Å²) in [5.41, 5.74) is 1.03. The molecule has 0 aliphatic carbocycles. The van der Waals surface area contributed by atoms with Crippen molar-refractivity contribution >= 4 is 23.4 Å². The van der Waals surface area contributed by atoms with E-state index in [0.29, 0.717) is 5.75 Å². The quantitative estimate of drug-likeness (QED) is 0.562. The van der Waals surface area contributed by atoms with Gasteiger partial charge < -0.3 is 15.2 Å². The first-order valence-corrected chi connectivity index (χ1v) is 7.59. The molecule has 5 heteroatoms. The number of carboxylic acid groups (broad SMARTS) is 1. The van der Waals surface area contributed by atoms with Gasteiger partial charge in [-0.15, -0.1) is 11.8 Å². The van der Waals surface area contributed by atoms with Crippen molar-refractivity contribution in [1.29, 1.82) is 0 Å². The Morgan fingerprint density at radius 3 is 2.68 bits per heavy atom. The molecule has 0 bridgehead atoms. The molecule has 0 unspecified atom stereocenters. The molecule has 106 valence electrons. The maximum absolute atomic E-state index is 11.1. The number of ether oxygens (including phenoxy) is 1. The largest absolute Gasteiger partial charge is 0.493 e. The van der Waals surface area contributed by atoms with Gasteiger partial charge >= 0.3 is 5.97 Å². The third kappa shape index (κ3) is 4.35. The summed E-state index contributed by atoms with van der Waals surface area (Å²) in [4.78, 5) is 12.0. The zero-order valence-electron chi connectivity index (χ0n) is 11.7. The molecule has 0 saturated heterocycles. The van der Waals surface area contributed by atoms with Crippen molar-refractivity contribution in [2.75, 3.05) is 25.2 Å². The van der Waals surface area contributed by atoms with Crippen LogP contribution in [0.5, 0.6) is 5.75 Å². The molecule has 0 heterocycles. The van der Waals surface area contributed by atoms with E-state index in [4.69, 9.17) is 9.84 Å². The fourth-order valence-electron chi connectivity index (χ4n) is 1.82. The van der Waals surface area contributed by atoms with Crippen LogP contribution >= 0.6 is 11.8 Å². The minimum atomic E-state index is -0.922. The predicted molar refractivity (Wildman–Crippen MR) is 79.7 cm³/mol. The van der Waals surface area contributed by atoms with Crippen molar-refractivity contribution in [3.05, 3.63) is 17.7 Å². The Morgan fingerprint density at radius 1 is 1.42 bits per heavy atom. The summed E-state index contributed by atoms with van der Waals surface area (Å²) in [7, 11) is 1.60. The molecule has 0 aliphatic rings. The van der Waals surface area contributed by atoms with E-state index in [0.717, 1.165) is 36.4 Å². The lowest BCUT2D eigenvalue weighted by Crippen LogP contribution is -2.06. The predicted octanol–water partition coefficient (Wildman–Crippen LogP) is 3.72. The molecule has 1 aromatic rings. The zero-order valence-corrected chi connectivity index (χ0v) is 12.5. The molecule has 0 radical (unpaired) electrons. The Bertz CT molecular complexity index is 435. The number of aromatic carboxylic acids is 1. The number of hydrogen-bond donors (Lipinski definition) is 2. The van der Waals surface area contributed by atoms with Crippen LogP contribution in [0.4, 0.5) is 5.69 Å². The SMILES string of the molecule is CCCCCNc1cc(C(=O)O)cc(SC)c1OC. The lowest BCUT2D eigenvalue weighted by molar-refractivity contribution is 0.0696. The highest BCUT2D eigenvalue weighted by Gasteiger charge is 2.14. The van der Waals surface area contributed by atoms with Crippen LogP contribution in [-0.4, -0.2) is 31.0 Å². The Balaban J connectivity index is 2.97. The number of methoxy groups -OCH3 is 1. The number of rotatable bonds is 8. The van der Waals surface area contributed by atoms with Gasteiger partial charge in [0.2, 0.25) is 0 Å². The van der Waals surface area contributed by atoms with Crippen molar-refractivity contribution in [1.82, 2.24) is 0 Å². The molecule has 19 heavy (non-hydrogen) atoms. The van der Waals surface area contributed by atoms with Gasteiger partial charge in [-0.1, -0.05) is 19.8 Å². The first-order chi connectivity index (χ1) is 9.13. The van der Waals surface area contributed by atoms with Crippen molar-refractivity contribution in [3.8, 4) is 5.75 Å². The van der Waals surface area contributed by atoms with E-state index in [1.807, 2.05) is 6.26 Å². The Hall–Kier alpha value is -1.36. The number of hydrogen-bond acceptors (Lipinski definition) is 4. The Labute approximate surface area is 118 Å². The lowest BCUT2D eigenvalue weighted by Gasteiger charge is -2.15. The van der Waals surface area contributed by atoms with Crippen LogP contribution in [-0.2, 0) is 0 Å². The van der Waals surface area contributed by atoms with E-state index in [-0.39, 0.29) is 5.56 Å². The minimum absolute atomic E-state index is 0.281. The molecule has 0 amide bonds. The van der Waals surface area contributed by atoms with Gasteiger partial charge in [-0.3, -0.25) is 0 Å². The normalized spacial score (nSPS) is 10.3. The van der Waals surface area contributed by atoms with Crippen molar-refractivity contribution < 1.29 is 14.6 Å². The molecule has 4 nitrogen and oxygen atoms in total. The molecule has 2 N–H and O–H groups in total. The summed E-state index contributed by atoms with van der Waals surface area (Å²) in [6.45, 7) is 2.97. The van der Waals surface area contributed by atoms with Crippen LogP contribution in [0.25, 0.3) is 0 Å². The average molecular weight is 283 g/mol. The summed E-state index contributed by atoms with van der Waals surface area (Å²) in [6, 6.07) is 3.27. The second-order valence-corrected chi connectivity index (χ2v) is 5.05. The van der Waals surface area contributed by atoms with Crippen molar-refractivity contribution in [2.24, 2.45) is 0 Å². The summed E-state index contributed by atoms with van der Waals surface area (Å²) in [5, 5.41) is 12.4. The molecule has 1 rings (SSSR count). The number of thioether (sulfide) groups is 1. The van der Waals surface area contributed by atoms with E-state index in [1.54, 1.807) is 19.2 Å². The lowest BCUT2D eigenvalue weighted by atomic mass is 10.1. The van der Waals surface area contributed by atoms with Gasteiger partial charge in [-0.05, 0) is 24.8 Å². The third-order valence-corrected chi connectivity index (χ3v) is 3.56. The Morgan fingerprint density at radius 2 is 2.16 bits per heavy atom. The van der Waals surface area contributed by atoms with Crippen LogP contribution in [0.2, 0.25) is 0 Å². The maximum Gasteiger partial charge on any atom is 0.335 e. The van der Waals surface area contributed by atoms with Crippen LogP contribution in [0, 0.1) is 0 Å². The first kappa shape index (κ1) is 15.7. The molecule has 0 saturated carbocycles. The standard InChI is InChI=1S/C14H21NO3S/c1-4-5-6-7-15-11-8-10(14(16)17)9-12(19-3)13(11)18-2/h8-9,15H,4-7H2,1-3H3,(H,16,17). The third-order valence-electron chi connectivity index (χ3n) is 2.82. The van der Waals surface area contributed by atoms with E-state index in [1.165, 1.54) is 11.8 Å². The van der Waals surface area contributed by atoms with E-state index in [2.05, 4.69) is 12.2 Å². The maximum atomic E-state index is 11.1. The molecular formula is C14H21NO3S. The van der Waals surface area contributed by atoms with Crippen molar-refractivity contribution in [2.45, 2.75) is 31.1 Å². The molecule has 0 fully saturated rings. The van der Waals surface area contributed by atoms with Gasteiger partial charge in [0.15, 0.2) is 5.75 Å². The van der Waals surface area contributed by atoms with Gasteiger partial charge in [0, 0.05) is 6.54 Å². The molecule has 0 aromatic heterocycles. The van der Waals surface area contributed by atoms with Gasteiger partial charge in [0.1, 0.15) is 0 Å². The molecule has 0 atom stereocenters. The zero-order chi connectivity index (χ0) is 14.3. The molecule has 1 aromatic carbocycles. The van der Waals surface area contributed by atoms with Crippen LogP contribution in [0.1, 0.15) is 36.5 Å². The highest BCUT2D eigenvalue weighted by molar-refractivity contribution is 7.98. The smallest absolute Gasteiger partial charge is 0.335 e. The minimum Gasteiger partial charge on any atom is -0.493 e. The van der Waals surface area contributed by atoms with Gasteiger partial charge in [-0.25, -0.2) is 4.79 Å². The summed E-state index contributed by atoms with van der Waals surface area (Å²) in [5.74, 6) is -0.205. The number of carboxylic acids is 1.